The predicted molar refractivity (Wildman–Crippen MR) is 85.0 cm³/mol. The molecule has 0 bridgehead atoms. The van der Waals surface area contributed by atoms with E-state index < -0.39 is 0 Å². The summed E-state index contributed by atoms with van der Waals surface area (Å²) in [6, 6.07) is 8.01. The number of likely N-dealkylation sites (N-methyl/N-ethyl adjacent to an activating group) is 1. The third-order valence-corrected chi connectivity index (χ3v) is 2.93. The van der Waals surface area contributed by atoms with E-state index in [0.717, 1.165) is 17.7 Å². The van der Waals surface area contributed by atoms with E-state index in [1.807, 2.05) is 45.2 Å². The van der Waals surface area contributed by atoms with E-state index in [9.17, 15) is 0 Å². The average Bonchev–Trinajstić information content (AvgIpc) is 2.87. The van der Waals surface area contributed by atoms with Gasteiger partial charge < -0.3 is 14.6 Å². The average molecular weight is 312 g/mol. The Hall–Kier alpha value is -1.59. The molecule has 0 radical (unpaired) electrons. The van der Waals surface area contributed by atoms with Gasteiger partial charge in [0.2, 0.25) is 0 Å². The number of hydrogen-bond acceptors (Lipinski definition) is 5. The molecule has 0 aliphatic rings. The van der Waals surface area contributed by atoms with Crippen LogP contribution in [0.4, 0.5) is 0 Å². The lowest BCUT2D eigenvalue weighted by atomic mass is 10.2. The molecule has 0 saturated carbocycles. The fraction of sp³-hybridized carbons (Fsp3) is 0.467. The molecule has 5 nitrogen and oxygen atoms in total. The fourth-order valence-electron chi connectivity index (χ4n) is 1.82. The zero-order chi connectivity index (χ0) is 14.5. The first-order chi connectivity index (χ1) is 9.60. The van der Waals surface area contributed by atoms with Gasteiger partial charge in [-0.25, -0.2) is 0 Å². The Morgan fingerprint density at radius 2 is 1.95 bits per heavy atom. The number of rotatable bonds is 6. The van der Waals surface area contributed by atoms with Crippen molar-refractivity contribution in [1.82, 2.24) is 15.5 Å². The molecule has 1 N–H and O–H groups in total. The van der Waals surface area contributed by atoms with Crippen LogP contribution in [0.2, 0.25) is 0 Å². The summed E-state index contributed by atoms with van der Waals surface area (Å²) in [4.78, 5) is 4.44. The van der Waals surface area contributed by atoms with Crippen molar-refractivity contribution in [3.8, 4) is 17.2 Å². The summed E-state index contributed by atoms with van der Waals surface area (Å²) < 4.78 is 11.1. The molecule has 0 aliphatic heterocycles. The molecule has 1 aromatic heterocycles. The molecule has 0 spiro atoms. The third-order valence-electron chi connectivity index (χ3n) is 2.93. The first-order valence-electron chi connectivity index (χ1n) is 6.86. The SMILES string of the molecule is CNC(C)Cc1noc(-c2ccccc2OC(C)C)n1.Cl. The van der Waals surface area contributed by atoms with Crippen molar-refractivity contribution in [2.45, 2.75) is 39.3 Å². The summed E-state index contributed by atoms with van der Waals surface area (Å²) in [6.45, 7) is 6.06. The van der Waals surface area contributed by atoms with Gasteiger partial charge in [0.05, 0.1) is 11.7 Å². The maximum Gasteiger partial charge on any atom is 0.261 e. The van der Waals surface area contributed by atoms with Gasteiger partial charge in [0, 0.05) is 12.5 Å². The van der Waals surface area contributed by atoms with Gasteiger partial charge in [0.15, 0.2) is 5.82 Å². The Kier molecular flexibility index (Phi) is 6.65. The lowest BCUT2D eigenvalue weighted by Gasteiger charge is -2.11. The maximum absolute atomic E-state index is 5.77. The number of halogens is 1. The molecule has 1 aromatic carbocycles. The number of nitrogens with zero attached hydrogens (tertiary/aromatic N) is 2. The van der Waals surface area contributed by atoms with Gasteiger partial charge in [-0.05, 0) is 40.0 Å². The molecule has 0 fully saturated rings. The van der Waals surface area contributed by atoms with Gasteiger partial charge in [-0.3, -0.25) is 0 Å². The van der Waals surface area contributed by atoms with E-state index in [2.05, 4.69) is 22.4 Å². The van der Waals surface area contributed by atoms with Crippen LogP contribution in [-0.2, 0) is 6.42 Å². The highest BCUT2D eigenvalue weighted by atomic mass is 35.5. The van der Waals surface area contributed by atoms with Crippen molar-refractivity contribution < 1.29 is 9.26 Å². The van der Waals surface area contributed by atoms with E-state index >= 15 is 0 Å². The van der Waals surface area contributed by atoms with Crippen LogP contribution >= 0.6 is 12.4 Å². The largest absolute Gasteiger partial charge is 0.490 e. The molecule has 0 saturated heterocycles. The fourth-order valence-corrected chi connectivity index (χ4v) is 1.82. The summed E-state index contributed by atoms with van der Waals surface area (Å²) in [5, 5.41) is 7.17. The Balaban J connectivity index is 0.00000220. The summed E-state index contributed by atoms with van der Waals surface area (Å²) in [5.74, 6) is 1.96. The van der Waals surface area contributed by atoms with E-state index in [1.165, 1.54) is 0 Å². The first-order valence-corrected chi connectivity index (χ1v) is 6.86. The van der Waals surface area contributed by atoms with Crippen LogP contribution in [0.1, 0.15) is 26.6 Å². The number of benzene rings is 1. The second kappa shape index (κ2) is 8.00. The van der Waals surface area contributed by atoms with Crippen LogP contribution in [-0.4, -0.2) is 29.3 Å². The molecular formula is C15H22ClN3O2. The lowest BCUT2D eigenvalue weighted by molar-refractivity contribution is 0.242. The molecule has 2 aromatic rings. The molecular weight excluding hydrogens is 290 g/mol. The third kappa shape index (κ3) is 4.72. The predicted octanol–water partition coefficient (Wildman–Crippen LogP) is 3.10. The molecule has 116 valence electrons. The van der Waals surface area contributed by atoms with Crippen LogP contribution in [0.5, 0.6) is 5.75 Å². The van der Waals surface area contributed by atoms with Gasteiger partial charge in [-0.15, -0.1) is 12.4 Å². The quantitative estimate of drug-likeness (QED) is 0.888. The highest BCUT2D eigenvalue weighted by Crippen LogP contribution is 2.29. The number of aromatic nitrogens is 2. The summed E-state index contributed by atoms with van der Waals surface area (Å²) in [6.07, 6.45) is 0.829. The van der Waals surface area contributed by atoms with Gasteiger partial charge in [0.1, 0.15) is 5.75 Å². The second-order valence-corrected chi connectivity index (χ2v) is 5.07. The lowest BCUT2D eigenvalue weighted by Crippen LogP contribution is -2.24. The van der Waals surface area contributed by atoms with Crippen molar-refractivity contribution in [1.29, 1.82) is 0 Å². The maximum atomic E-state index is 5.77. The highest BCUT2D eigenvalue weighted by Gasteiger charge is 2.15. The zero-order valence-corrected chi connectivity index (χ0v) is 13.6. The molecule has 1 heterocycles. The minimum Gasteiger partial charge on any atom is -0.490 e. The zero-order valence-electron chi connectivity index (χ0n) is 12.8. The van der Waals surface area contributed by atoms with Crippen molar-refractivity contribution in [2.24, 2.45) is 0 Å². The Labute approximate surface area is 131 Å². The molecule has 1 unspecified atom stereocenters. The molecule has 0 aliphatic carbocycles. The Bertz CT molecular complexity index is 557. The van der Waals surface area contributed by atoms with Crippen molar-refractivity contribution in [3.05, 3.63) is 30.1 Å². The van der Waals surface area contributed by atoms with Crippen LogP contribution in [0.15, 0.2) is 28.8 Å². The Morgan fingerprint density at radius 1 is 1.24 bits per heavy atom. The smallest absolute Gasteiger partial charge is 0.261 e. The van der Waals surface area contributed by atoms with E-state index in [1.54, 1.807) is 0 Å². The number of hydrogen-bond donors (Lipinski definition) is 1. The van der Waals surface area contributed by atoms with E-state index in [4.69, 9.17) is 9.26 Å². The molecule has 21 heavy (non-hydrogen) atoms. The van der Waals surface area contributed by atoms with Crippen molar-refractivity contribution in [3.63, 3.8) is 0 Å². The second-order valence-electron chi connectivity index (χ2n) is 5.07. The molecule has 1 atom stereocenters. The van der Waals surface area contributed by atoms with Crippen LogP contribution in [0.3, 0.4) is 0 Å². The van der Waals surface area contributed by atoms with Crippen LogP contribution < -0.4 is 10.1 Å². The summed E-state index contributed by atoms with van der Waals surface area (Å²) in [5.41, 5.74) is 0.831. The number of para-hydroxylation sites is 1. The Morgan fingerprint density at radius 3 is 2.62 bits per heavy atom. The van der Waals surface area contributed by atoms with Crippen molar-refractivity contribution >= 4 is 12.4 Å². The van der Waals surface area contributed by atoms with E-state index in [0.29, 0.717) is 17.8 Å². The summed E-state index contributed by atoms with van der Waals surface area (Å²) >= 11 is 0. The molecule has 2 rings (SSSR count). The summed E-state index contributed by atoms with van der Waals surface area (Å²) in [7, 11) is 1.91. The number of ether oxygens (including phenoxy) is 1. The first kappa shape index (κ1) is 17.5. The van der Waals surface area contributed by atoms with Crippen LogP contribution in [0.25, 0.3) is 11.5 Å². The minimum atomic E-state index is 0. The van der Waals surface area contributed by atoms with Crippen LogP contribution in [0, 0.1) is 0 Å². The van der Waals surface area contributed by atoms with Crippen molar-refractivity contribution in [2.75, 3.05) is 7.05 Å². The topological polar surface area (TPSA) is 60.2 Å². The van der Waals surface area contributed by atoms with Gasteiger partial charge in [-0.1, -0.05) is 17.3 Å². The molecule has 6 heteroatoms. The van der Waals surface area contributed by atoms with E-state index in [-0.39, 0.29) is 18.5 Å². The highest BCUT2D eigenvalue weighted by molar-refractivity contribution is 5.85. The van der Waals surface area contributed by atoms with Gasteiger partial charge in [0.25, 0.3) is 5.89 Å². The normalized spacial score (nSPS) is 12.0. The van der Waals surface area contributed by atoms with Gasteiger partial charge in [-0.2, -0.15) is 4.98 Å². The standard InChI is InChI=1S/C15H21N3O2.ClH/c1-10(2)19-13-8-6-5-7-12(13)15-17-14(18-20-15)9-11(3)16-4;/h5-8,10-11,16H,9H2,1-4H3;1H. The minimum absolute atomic E-state index is 0. The van der Waals surface area contributed by atoms with Gasteiger partial charge >= 0.3 is 0 Å². The number of nitrogens with one attached hydrogen (secondary N) is 1. The molecule has 0 amide bonds. The monoisotopic (exact) mass is 311 g/mol.